The minimum Gasteiger partial charge on any atom is -0.497 e. The standard InChI is InChI=1S/C19H26N2O2/c1-14-6-4-5-7-18(14)21(2)12-16-13-23-19(20-16)15-8-10-17(22-3)11-9-15/h8-11,13-14,18H,4-7,12H2,1-3H3. The third-order valence-electron chi connectivity index (χ3n) is 4.93. The first-order valence-electron chi connectivity index (χ1n) is 8.46. The molecule has 2 unspecified atom stereocenters. The van der Waals surface area contributed by atoms with E-state index < -0.39 is 0 Å². The van der Waals surface area contributed by atoms with Crippen LogP contribution in [0.25, 0.3) is 11.5 Å². The summed E-state index contributed by atoms with van der Waals surface area (Å²) in [6.45, 7) is 3.21. The second-order valence-electron chi connectivity index (χ2n) is 6.62. The van der Waals surface area contributed by atoms with Crippen molar-refractivity contribution in [2.24, 2.45) is 5.92 Å². The number of hydrogen-bond donors (Lipinski definition) is 0. The highest BCUT2D eigenvalue weighted by atomic mass is 16.5. The maximum atomic E-state index is 5.66. The quantitative estimate of drug-likeness (QED) is 0.822. The van der Waals surface area contributed by atoms with Crippen molar-refractivity contribution in [3.8, 4) is 17.2 Å². The van der Waals surface area contributed by atoms with Crippen molar-refractivity contribution in [2.45, 2.75) is 45.2 Å². The third kappa shape index (κ3) is 3.75. The summed E-state index contributed by atoms with van der Waals surface area (Å²) in [5, 5.41) is 0. The van der Waals surface area contributed by atoms with Crippen molar-refractivity contribution in [1.29, 1.82) is 0 Å². The lowest BCUT2D eigenvalue weighted by atomic mass is 9.85. The first-order valence-corrected chi connectivity index (χ1v) is 8.46. The summed E-state index contributed by atoms with van der Waals surface area (Å²) in [4.78, 5) is 7.08. The molecule has 0 N–H and O–H groups in total. The molecule has 1 aromatic heterocycles. The van der Waals surface area contributed by atoms with Gasteiger partial charge in [-0.3, -0.25) is 4.90 Å². The number of aromatic nitrogens is 1. The zero-order valence-electron chi connectivity index (χ0n) is 14.3. The van der Waals surface area contributed by atoms with Crippen LogP contribution in [0.1, 0.15) is 38.3 Å². The summed E-state index contributed by atoms with van der Waals surface area (Å²) < 4.78 is 10.8. The molecule has 1 heterocycles. The summed E-state index contributed by atoms with van der Waals surface area (Å²) in [5.41, 5.74) is 1.97. The van der Waals surface area contributed by atoms with Gasteiger partial charge in [0.05, 0.1) is 12.8 Å². The molecule has 0 radical (unpaired) electrons. The van der Waals surface area contributed by atoms with Crippen molar-refractivity contribution in [2.75, 3.05) is 14.2 Å². The predicted molar refractivity (Wildman–Crippen MR) is 91.4 cm³/mol. The Hall–Kier alpha value is -1.81. The molecule has 0 aliphatic heterocycles. The summed E-state index contributed by atoms with van der Waals surface area (Å²) >= 11 is 0. The highest BCUT2D eigenvalue weighted by Gasteiger charge is 2.25. The number of ether oxygens (including phenoxy) is 1. The van der Waals surface area contributed by atoms with E-state index in [-0.39, 0.29) is 0 Å². The summed E-state index contributed by atoms with van der Waals surface area (Å²) in [6, 6.07) is 8.46. The highest BCUT2D eigenvalue weighted by molar-refractivity contribution is 5.54. The van der Waals surface area contributed by atoms with Gasteiger partial charge in [0.1, 0.15) is 12.0 Å². The fraction of sp³-hybridized carbons (Fsp3) is 0.526. The molecule has 3 rings (SSSR count). The van der Waals surface area contributed by atoms with Crippen LogP contribution in [0, 0.1) is 5.92 Å². The van der Waals surface area contributed by atoms with Crippen LogP contribution >= 0.6 is 0 Å². The van der Waals surface area contributed by atoms with E-state index in [1.54, 1.807) is 13.4 Å². The van der Waals surface area contributed by atoms with Crippen LogP contribution in [-0.2, 0) is 6.54 Å². The van der Waals surface area contributed by atoms with Gasteiger partial charge in [0.2, 0.25) is 5.89 Å². The van der Waals surface area contributed by atoms with Crippen LogP contribution in [0.3, 0.4) is 0 Å². The average Bonchev–Trinajstić information content (AvgIpc) is 3.03. The van der Waals surface area contributed by atoms with Gasteiger partial charge in [0.15, 0.2) is 0 Å². The monoisotopic (exact) mass is 314 g/mol. The molecule has 1 aromatic carbocycles. The van der Waals surface area contributed by atoms with Crippen molar-refractivity contribution in [1.82, 2.24) is 9.88 Å². The van der Waals surface area contributed by atoms with Crippen molar-refractivity contribution < 1.29 is 9.15 Å². The molecule has 0 amide bonds. The summed E-state index contributed by atoms with van der Waals surface area (Å²) in [7, 11) is 3.87. The Balaban J connectivity index is 1.66. The van der Waals surface area contributed by atoms with Crippen molar-refractivity contribution in [3.05, 3.63) is 36.2 Å². The Morgan fingerprint density at radius 2 is 1.96 bits per heavy atom. The van der Waals surface area contributed by atoms with E-state index in [0.29, 0.717) is 11.9 Å². The molecule has 23 heavy (non-hydrogen) atoms. The molecule has 1 saturated carbocycles. The fourth-order valence-electron chi connectivity index (χ4n) is 3.57. The van der Waals surface area contributed by atoms with Crippen LogP contribution < -0.4 is 4.74 Å². The number of methoxy groups -OCH3 is 1. The van der Waals surface area contributed by atoms with E-state index >= 15 is 0 Å². The number of oxazole rings is 1. The van der Waals surface area contributed by atoms with E-state index in [4.69, 9.17) is 9.15 Å². The molecule has 0 spiro atoms. The number of rotatable bonds is 5. The number of benzene rings is 1. The van der Waals surface area contributed by atoms with Crippen LogP contribution in [0.2, 0.25) is 0 Å². The van der Waals surface area contributed by atoms with Gasteiger partial charge in [0.25, 0.3) is 0 Å². The molecular weight excluding hydrogens is 288 g/mol. The van der Waals surface area contributed by atoms with E-state index in [9.17, 15) is 0 Å². The topological polar surface area (TPSA) is 38.5 Å². The molecule has 1 fully saturated rings. The SMILES string of the molecule is COc1ccc(-c2nc(CN(C)C3CCCCC3C)co2)cc1. The molecule has 4 nitrogen and oxygen atoms in total. The Bertz CT molecular complexity index is 621. The van der Waals surface area contributed by atoms with Gasteiger partial charge in [0, 0.05) is 18.2 Å². The molecule has 1 aliphatic carbocycles. The van der Waals surface area contributed by atoms with Crippen LogP contribution in [-0.4, -0.2) is 30.1 Å². The largest absolute Gasteiger partial charge is 0.497 e. The second-order valence-corrected chi connectivity index (χ2v) is 6.62. The normalized spacial score (nSPS) is 21.6. The molecule has 2 atom stereocenters. The Labute approximate surface area is 138 Å². The van der Waals surface area contributed by atoms with Gasteiger partial charge in [-0.15, -0.1) is 0 Å². The van der Waals surface area contributed by atoms with Gasteiger partial charge in [-0.1, -0.05) is 19.8 Å². The summed E-state index contributed by atoms with van der Waals surface area (Å²) in [5.74, 6) is 2.28. The van der Waals surface area contributed by atoms with Gasteiger partial charge in [-0.05, 0) is 50.1 Å². The first-order chi connectivity index (χ1) is 11.2. The van der Waals surface area contributed by atoms with E-state index in [1.165, 1.54) is 25.7 Å². The average molecular weight is 314 g/mol. The minimum absolute atomic E-state index is 0.657. The second kappa shape index (κ2) is 7.18. The smallest absolute Gasteiger partial charge is 0.226 e. The maximum absolute atomic E-state index is 5.66. The Morgan fingerprint density at radius 1 is 1.22 bits per heavy atom. The number of nitrogens with zero attached hydrogens (tertiary/aromatic N) is 2. The van der Waals surface area contributed by atoms with Gasteiger partial charge < -0.3 is 9.15 Å². The third-order valence-corrected chi connectivity index (χ3v) is 4.93. The van der Waals surface area contributed by atoms with Gasteiger partial charge in [-0.25, -0.2) is 4.98 Å². The molecule has 0 saturated heterocycles. The minimum atomic E-state index is 0.657. The predicted octanol–water partition coefficient (Wildman–Crippen LogP) is 4.36. The first kappa shape index (κ1) is 16.1. The van der Waals surface area contributed by atoms with Crippen molar-refractivity contribution >= 4 is 0 Å². The zero-order valence-corrected chi connectivity index (χ0v) is 14.3. The highest BCUT2D eigenvalue weighted by Crippen LogP contribution is 2.28. The van der Waals surface area contributed by atoms with Crippen LogP contribution in [0.15, 0.2) is 34.9 Å². The molecular formula is C19H26N2O2. The van der Waals surface area contributed by atoms with E-state index in [0.717, 1.165) is 29.5 Å². The lowest BCUT2D eigenvalue weighted by Crippen LogP contribution is -2.38. The van der Waals surface area contributed by atoms with Gasteiger partial charge in [-0.2, -0.15) is 0 Å². The molecule has 2 aromatic rings. The fourth-order valence-corrected chi connectivity index (χ4v) is 3.57. The van der Waals surface area contributed by atoms with Gasteiger partial charge >= 0.3 is 0 Å². The Morgan fingerprint density at radius 3 is 2.65 bits per heavy atom. The summed E-state index contributed by atoms with van der Waals surface area (Å²) in [6.07, 6.45) is 7.13. The van der Waals surface area contributed by atoms with Crippen LogP contribution in [0.4, 0.5) is 0 Å². The van der Waals surface area contributed by atoms with Crippen LogP contribution in [0.5, 0.6) is 5.75 Å². The van der Waals surface area contributed by atoms with E-state index in [1.807, 2.05) is 24.3 Å². The Kier molecular flexibility index (Phi) is 5.01. The maximum Gasteiger partial charge on any atom is 0.226 e. The lowest BCUT2D eigenvalue weighted by molar-refractivity contribution is 0.132. The zero-order chi connectivity index (χ0) is 16.2. The van der Waals surface area contributed by atoms with E-state index in [2.05, 4.69) is 23.9 Å². The number of hydrogen-bond acceptors (Lipinski definition) is 4. The molecule has 1 aliphatic rings. The molecule has 0 bridgehead atoms. The molecule has 124 valence electrons. The van der Waals surface area contributed by atoms with Crippen molar-refractivity contribution in [3.63, 3.8) is 0 Å². The molecule has 4 heteroatoms. The lowest BCUT2D eigenvalue weighted by Gasteiger charge is -2.35.